The lowest BCUT2D eigenvalue weighted by Crippen LogP contribution is -2.05. The van der Waals surface area contributed by atoms with Gasteiger partial charge in [-0.05, 0) is 35.0 Å². The molecule has 2 aromatic rings. The summed E-state index contributed by atoms with van der Waals surface area (Å²) in [6.45, 7) is 1.74. The van der Waals surface area contributed by atoms with Gasteiger partial charge >= 0.3 is 5.97 Å². The maximum Gasteiger partial charge on any atom is 0.355 e. The van der Waals surface area contributed by atoms with Crippen LogP contribution in [-0.4, -0.2) is 38.9 Å². The molecule has 0 unspecified atom stereocenters. The highest BCUT2D eigenvalue weighted by Crippen LogP contribution is 2.49. The van der Waals surface area contributed by atoms with Gasteiger partial charge in [-0.2, -0.15) is 0 Å². The molecule has 26 heavy (non-hydrogen) atoms. The number of aromatic nitrogens is 1. The number of esters is 1. The molecule has 0 spiro atoms. The van der Waals surface area contributed by atoms with Crippen LogP contribution in [0.2, 0.25) is 0 Å². The lowest BCUT2D eigenvalue weighted by atomic mass is 10.0. The minimum absolute atomic E-state index is 0.0841. The van der Waals surface area contributed by atoms with Gasteiger partial charge in [-0.25, -0.2) is 13.6 Å². The Balaban J connectivity index is 2.77. The molecule has 0 aliphatic rings. The molecule has 0 atom stereocenters. The predicted octanol–water partition coefficient (Wildman–Crippen LogP) is 4.58. The zero-order valence-electron chi connectivity index (χ0n) is 14.6. The van der Waals surface area contributed by atoms with Gasteiger partial charge in [0.25, 0.3) is 6.43 Å². The van der Waals surface area contributed by atoms with E-state index in [9.17, 15) is 13.6 Å². The molecule has 1 heterocycles. The van der Waals surface area contributed by atoms with E-state index in [1.54, 1.807) is 19.1 Å². The van der Waals surface area contributed by atoms with Gasteiger partial charge in [-0.1, -0.05) is 0 Å². The van der Waals surface area contributed by atoms with Crippen molar-refractivity contribution in [3.8, 4) is 28.4 Å². The van der Waals surface area contributed by atoms with Crippen LogP contribution in [-0.2, 0) is 4.74 Å². The third-order valence-electron chi connectivity index (χ3n) is 3.64. The second kappa shape index (κ2) is 8.39. The smallest absolute Gasteiger partial charge is 0.355 e. The predicted molar refractivity (Wildman–Crippen MR) is 94.5 cm³/mol. The van der Waals surface area contributed by atoms with E-state index in [0.717, 1.165) is 0 Å². The Bertz CT molecular complexity index is 807. The number of alkyl halides is 2. The molecule has 0 saturated carbocycles. The van der Waals surface area contributed by atoms with E-state index in [4.69, 9.17) is 18.9 Å². The van der Waals surface area contributed by atoms with E-state index in [2.05, 4.69) is 20.9 Å². The number of methoxy groups -OCH3 is 3. The molecule has 1 aromatic heterocycles. The number of ether oxygens (including phenoxy) is 4. The molecule has 0 radical (unpaired) electrons. The number of halogens is 3. The number of carbonyl (C=O) groups excluding carboxylic acids is 1. The number of hydrogen-bond acceptors (Lipinski definition) is 5. The Hall–Kier alpha value is -2.29. The topological polar surface area (TPSA) is 69.8 Å². The number of H-pyrrole nitrogens is 1. The molecular formula is C17H18BrF2NO5. The van der Waals surface area contributed by atoms with Gasteiger partial charge in [-0.15, -0.1) is 0 Å². The number of rotatable bonds is 7. The van der Waals surface area contributed by atoms with Gasteiger partial charge in [-0.3, -0.25) is 0 Å². The summed E-state index contributed by atoms with van der Waals surface area (Å²) in [6.07, 6.45) is -2.86. The first kappa shape index (κ1) is 20.0. The number of benzene rings is 1. The summed E-state index contributed by atoms with van der Waals surface area (Å²) in [5.74, 6) is 0.0818. The van der Waals surface area contributed by atoms with Crippen LogP contribution in [0.5, 0.6) is 17.2 Å². The van der Waals surface area contributed by atoms with Gasteiger partial charge in [0.15, 0.2) is 11.5 Å². The first-order chi connectivity index (χ1) is 12.4. The monoisotopic (exact) mass is 433 g/mol. The Kier molecular flexibility index (Phi) is 6.47. The molecule has 6 nitrogen and oxygen atoms in total. The third kappa shape index (κ3) is 3.48. The standard InChI is InChI=1S/C17H18BrF2NO5/c1-5-26-17(22)13-11(18)10(12(21-13)16(19)20)8-6-7-9(23-2)15(25-4)14(8)24-3/h6-7,16,21H,5H2,1-4H3. The van der Waals surface area contributed by atoms with Gasteiger partial charge in [0.2, 0.25) is 5.75 Å². The highest BCUT2D eigenvalue weighted by molar-refractivity contribution is 9.10. The van der Waals surface area contributed by atoms with E-state index in [1.165, 1.54) is 21.3 Å². The molecule has 1 N–H and O–H groups in total. The van der Waals surface area contributed by atoms with E-state index in [1.807, 2.05) is 0 Å². The summed E-state index contributed by atoms with van der Waals surface area (Å²) in [5, 5.41) is 0. The molecule has 9 heteroatoms. The maximum atomic E-state index is 13.6. The van der Waals surface area contributed by atoms with Crippen LogP contribution >= 0.6 is 15.9 Å². The summed E-state index contributed by atoms with van der Waals surface area (Å²) in [4.78, 5) is 14.5. The Morgan fingerprint density at radius 2 is 1.81 bits per heavy atom. The molecule has 1 aromatic carbocycles. The largest absolute Gasteiger partial charge is 0.493 e. The van der Waals surface area contributed by atoms with Crippen LogP contribution in [0.1, 0.15) is 29.5 Å². The van der Waals surface area contributed by atoms with Crippen LogP contribution in [0.25, 0.3) is 11.1 Å². The van der Waals surface area contributed by atoms with Gasteiger partial charge in [0.1, 0.15) is 5.69 Å². The minimum Gasteiger partial charge on any atom is -0.493 e. The normalized spacial score (nSPS) is 10.8. The fraction of sp³-hybridized carbons (Fsp3) is 0.353. The second-order valence-corrected chi connectivity index (χ2v) is 5.80. The molecule has 0 aliphatic carbocycles. The molecule has 0 bridgehead atoms. The van der Waals surface area contributed by atoms with Crippen molar-refractivity contribution < 1.29 is 32.5 Å². The number of hydrogen-bond donors (Lipinski definition) is 1. The van der Waals surface area contributed by atoms with E-state index in [-0.39, 0.29) is 33.8 Å². The highest BCUT2D eigenvalue weighted by atomic mass is 79.9. The summed E-state index contributed by atoms with van der Waals surface area (Å²) in [6, 6.07) is 3.12. The van der Waals surface area contributed by atoms with Crippen molar-refractivity contribution in [3.05, 3.63) is 28.0 Å². The van der Waals surface area contributed by atoms with Crippen LogP contribution in [0, 0.1) is 0 Å². The molecule has 0 fully saturated rings. The van der Waals surface area contributed by atoms with Crippen molar-refractivity contribution in [2.75, 3.05) is 27.9 Å². The number of carbonyl (C=O) groups is 1. The molecular weight excluding hydrogens is 416 g/mol. The van der Waals surface area contributed by atoms with Crippen molar-refractivity contribution >= 4 is 21.9 Å². The van der Waals surface area contributed by atoms with Crippen molar-refractivity contribution in [3.63, 3.8) is 0 Å². The lowest BCUT2D eigenvalue weighted by Gasteiger charge is -2.16. The third-order valence-corrected chi connectivity index (χ3v) is 4.43. The van der Waals surface area contributed by atoms with Crippen LogP contribution in [0.15, 0.2) is 16.6 Å². The van der Waals surface area contributed by atoms with Crippen molar-refractivity contribution in [1.29, 1.82) is 0 Å². The summed E-state index contributed by atoms with van der Waals surface area (Å²) in [7, 11) is 4.25. The number of nitrogens with one attached hydrogen (secondary N) is 1. The average Bonchev–Trinajstić information content (AvgIpc) is 2.97. The fourth-order valence-electron chi connectivity index (χ4n) is 2.56. The maximum absolute atomic E-state index is 13.6. The first-order valence-corrected chi connectivity index (χ1v) is 8.36. The summed E-state index contributed by atoms with van der Waals surface area (Å²) in [5.41, 5.74) is -0.153. The van der Waals surface area contributed by atoms with Crippen LogP contribution in [0.4, 0.5) is 8.78 Å². The van der Waals surface area contributed by atoms with E-state index >= 15 is 0 Å². The first-order valence-electron chi connectivity index (χ1n) is 7.57. The van der Waals surface area contributed by atoms with Gasteiger partial charge < -0.3 is 23.9 Å². The lowest BCUT2D eigenvalue weighted by molar-refractivity contribution is 0.0518. The average molecular weight is 434 g/mol. The Morgan fingerprint density at radius 3 is 2.31 bits per heavy atom. The zero-order chi connectivity index (χ0) is 19.4. The molecule has 0 aliphatic heterocycles. The summed E-state index contributed by atoms with van der Waals surface area (Å²) >= 11 is 3.23. The van der Waals surface area contributed by atoms with E-state index in [0.29, 0.717) is 11.3 Å². The second-order valence-electron chi connectivity index (χ2n) is 5.01. The van der Waals surface area contributed by atoms with Crippen LogP contribution in [0.3, 0.4) is 0 Å². The Morgan fingerprint density at radius 1 is 1.15 bits per heavy atom. The minimum atomic E-state index is -2.86. The molecule has 142 valence electrons. The van der Waals surface area contributed by atoms with Crippen molar-refractivity contribution in [2.24, 2.45) is 0 Å². The Labute approximate surface area is 157 Å². The molecule has 0 amide bonds. The zero-order valence-corrected chi connectivity index (χ0v) is 16.2. The SMILES string of the molecule is CCOC(=O)c1[nH]c(C(F)F)c(-c2ccc(OC)c(OC)c2OC)c1Br. The number of aromatic amines is 1. The molecule has 0 saturated heterocycles. The van der Waals surface area contributed by atoms with Gasteiger partial charge in [0.05, 0.1) is 38.1 Å². The van der Waals surface area contributed by atoms with Crippen LogP contribution < -0.4 is 14.2 Å². The molecule has 2 rings (SSSR count). The van der Waals surface area contributed by atoms with Crippen molar-refractivity contribution in [2.45, 2.75) is 13.3 Å². The fourth-order valence-corrected chi connectivity index (χ4v) is 3.25. The summed E-state index contributed by atoms with van der Waals surface area (Å²) < 4.78 is 48.2. The highest BCUT2D eigenvalue weighted by Gasteiger charge is 2.30. The van der Waals surface area contributed by atoms with Gasteiger partial charge in [0, 0.05) is 11.1 Å². The quantitative estimate of drug-likeness (QED) is 0.646. The van der Waals surface area contributed by atoms with Crippen molar-refractivity contribution in [1.82, 2.24) is 4.98 Å². The van der Waals surface area contributed by atoms with E-state index < -0.39 is 18.1 Å².